The Labute approximate surface area is 193 Å². The van der Waals surface area contributed by atoms with Gasteiger partial charge in [0.05, 0.1) is 26.4 Å². The number of nitrogens with one attached hydrogen (secondary N) is 1. The summed E-state index contributed by atoms with van der Waals surface area (Å²) in [7, 11) is 1.49. The summed E-state index contributed by atoms with van der Waals surface area (Å²) < 4.78 is 11.5. The lowest BCUT2D eigenvalue weighted by Gasteiger charge is -2.24. The third kappa shape index (κ3) is 6.15. The lowest BCUT2D eigenvalue weighted by atomic mass is 10.1. The Morgan fingerprint density at radius 2 is 2.18 bits per heavy atom. The van der Waals surface area contributed by atoms with E-state index in [0.717, 1.165) is 0 Å². The van der Waals surface area contributed by atoms with E-state index >= 15 is 0 Å². The zero-order chi connectivity index (χ0) is 24.7. The van der Waals surface area contributed by atoms with Gasteiger partial charge in [-0.3, -0.25) is 9.69 Å². The molecule has 1 unspecified atom stereocenters. The maximum absolute atomic E-state index is 12.5. The normalized spacial score (nSPS) is 12.1. The number of aliphatic hydroxyl groups is 2. The Balaban J connectivity index is 1.57. The molecule has 3 aromatic rings. The van der Waals surface area contributed by atoms with E-state index in [1.165, 1.54) is 30.1 Å². The first-order chi connectivity index (χ1) is 16.3. The highest BCUT2D eigenvalue weighted by Gasteiger charge is 2.20. The molecule has 13 nitrogen and oxygen atoms in total. The molecule has 0 aliphatic heterocycles. The summed E-state index contributed by atoms with van der Waals surface area (Å²) in [6.45, 7) is 0.421. The van der Waals surface area contributed by atoms with Crippen molar-refractivity contribution in [3.63, 3.8) is 0 Å². The van der Waals surface area contributed by atoms with Crippen LogP contribution in [0.5, 0.6) is 5.75 Å². The van der Waals surface area contributed by atoms with Crippen molar-refractivity contribution in [1.82, 2.24) is 19.8 Å². The largest absolute Gasteiger partial charge is 0.497 e. The molecular weight excluding hydrogens is 450 g/mol. The average molecular weight is 475 g/mol. The van der Waals surface area contributed by atoms with Crippen molar-refractivity contribution in [3.05, 3.63) is 62.8 Å². The Hall–Kier alpha value is -3.81. The molecule has 0 aliphatic carbocycles. The summed E-state index contributed by atoms with van der Waals surface area (Å²) in [5.74, 6) is -0.487. The highest BCUT2D eigenvalue weighted by molar-refractivity contribution is 5.96. The Morgan fingerprint density at radius 3 is 2.88 bits per heavy atom. The fourth-order valence-electron chi connectivity index (χ4n) is 3.43. The van der Waals surface area contributed by atoms with Crippen LogP contribution in [0.15, 0.2) is 45.9 Å². The third-order valence-corrected chi connectivity index (χ3v) is 5.05. The van der Waals surface area contributed by atoms with E-state index in [1.54, 1.807) is 23.1 Å². The number of nitrogens with zero attached hydrogens (tertiary/aromatic N) is 4. The first kappa shape index (κ1) is 24.8. The predicted molar refractivity (Wildman–Crippen MR) is 120 cm³/mol. The fraction of sp³-hybridized carbons (Fsp3) is 0.381. The van der Waals surface area contributed by atoms with Gasteiger partial charge < -0.3 is 34.8 Å². The first-order valence-corrected chi connectivity index (χ1v) is 10.4. The van der Waals surface area contributed by atoms with E-state index in [4.69, 9.17) is 9.15 Å². The van der Waals surface area contributed by atoms with Gasteiger partial charge >= 0.3 is 11.6 Å². The minimum absolute atomic E-state index is 0.0620. The number of benzene rings is 1. The van der Waals surface area contributed by atoms with E-state index in [2.05, 4.69) is 10.3 Å². The number of aliphatic hydroxyl groups excluding tert-OH is 2. The van der Waals surface area contributed by atoms with Crippen molar-refractivity contribution in [1.29, 1.82) is 0 Å². The molecule has 0 saturated carbocycles. The molecule has 0 spiro atoms. The number of nitro groups is 1. The molecule has 0 aliphatic rings. The zero-order valence-corrected chi connectivity index (χ0v) is 18.4. The molecule has 0 radical (unpaired) electrons. The van der Waals surface area contributed by atoms with Gasteiger partial charge in [0.2, 0.25) is 0 Å². The number of amides is 1. The molecule has 2 aromatic heterocycles. The van der Waals surface area contributed by atoms with E-state index in [1.807, 2.05) is 0 Å². The smallest absolute Gasteiger partial charge is 0.434 e. The minimum Gasteiger partial charge on any atom is -0.497 e. The summed E-state index contributed by atoms with van der Waals surface area (Å²) >= 11 is 0. The molecule has 3 rings (SSSR count). The predicted octanol–water partition coefficient (Wildman–Crippen LogP) is -0.00850. The second kappa shape index (κ2) is 11.4. The molecule has 34 heavy (non-hydrogen) atoms. The number of carbonyl (C=O) groups excluding carboxylic acids is 1. The maximum Gasteiger partial charge on any atom is 0.434 e. The van der Waals surface area contributed by atoms with E-state index in [-0.39, 0.29) is 50.8 Å². The number of carbonyl (C=O) groups is 1. The topological polar surface area (TPSA) is 173 Å². The molecule has 13 heteroatoms. The molecule has 1 aromatic carbocycles. The van der Waals surface area contributed by atoms with Gasteiger partial charge in [0.1, 0.15) is 29.3 Å². The minimum atomic E-state index is -0.986. The van der Waals surface area contributed by atoms with Crippen molar-refractivity contribution in [3.8, 4) is 5.75 Å². The van der Waals surface area contributed by atoms with Gasteiger partial charge in [0.25, 0.3) is 5.91 Å². The van der Waals surface area contributed by atoms with Gasteiger partial charge in [0.15, 0.2) is 0 Å². The number of imidazole rings is 1. The van der Waals surface area contributed by atoms with Gasteiger partial charge in [0, 0.05) is 37.6 Å². The number of ether oxygens (including phenoxy) is 1. The van der Waals surface area contributed by atoms with Crippen LogP contribution in [-0.4, -0.2) is 81.5 Å². The van der Waals surface area contributed by atoms with Gasteiger partial charge in [-0.1, -0.05) is 4.98 Å². The summed E-state index contributed by atoms with van der Waals surface area (Å²) in [5, 5.41) is 33.8. The second-order valence-corrected chi connectivity index (χ2v) is 7.42. The highest BCUT2D eigenvalue weighted by Crippen LogP contribution is 2.20. The first-order valence-electron chi connectivity index (χ1n) is 10.4. The van der Waals surface area contributed by atoms with Crippen molar-refractivity contribution in [2.45, 2.75) is 12.6 Å². The standard InChI is InChI=1S/C21H25N5O8/c1-33-16-3-2-14-10-17(20(30)34-18(14)11-16)19(29)22-4-6-24(8-9-27)12-15(28)13-25-7-5-23-21(25)26(31)32/h2-3,5,7,10-11,15,27-28H,4,6,8-9,12-13H2,1H3,(H,22,29). The van der Waals surface area contributed by atoms with Crippen LogP contribution in [0.25, 0.3) is 11.0 Å². The van der Waals surface area contributed by atoms with Crippen LogP contribution in [0, 0.1) is 10.1 Å². The molecule has 3 N–H and O–H groups in total. The highest BCUT2D eigenvalue weighted by atomic mass is 16.6. The van der Waals surface area contributed by atoms with Gasteiger partial charge in [-0.2, -0.15) is 0 Å². The molecular formula is C21H25N5O8. The average Bonchev–Trinajstić information content (AvgIpc) is 3.26. The summed E-state index contributed by atoms with van der Waals surface area (Å²) in [6, 6.07) is 6.33. The molecule has 1 amide bonds. The van der Waals surface area contributed by atoms with E-state index in [0.29, 0.717) is 16.7 Å². The van der Waals surface area contributed by atoms with Crippen LogP contribution in [0.4, 0.5) is 5.95 Å². The Morgan fingerprint density at radius 1 is 1.38 bits per heavy atom. The Bertz CT molecular complexity index is 1210. The number of fused-ring (bicyclic) bond motifs is 1. The van der Waals surface area contributed by atoms with Crippen LogP contribution >= 0.6 is 0 Å². The van der Waals surface area contributed by atoms with Gasteiger partial charge in [-0.15, -0.1) is 0 Å². The lowest BCUT2D eigenvalue weighted by molar-refractivity contribution is -0.397. The molecule has 0 saturated heterocycles. The maximum atomic E-state index is 12.5. The Kier molecular flexibility index (Phi) is 8.29. The molecule has 0 bridgehead atoms. The zero-order valence-electron chi connectivity index (χ0n) is 18.4. The van der Waals surface area contributed by atoms with Crippen LogP contribution < -0.4 is 15.7 Å². The quantitative estimate of drug-likeness (QED) is 0.184. The molecule has 1 atom stereocenters. The van der Waals surface area contributed by atoms with Crippen molar-refractivity contribution in [2.24, 2.45) is 0 Å². The number of methoxy groups -OCH3 is 1. The molecule has 2 heterocycles. The number of aromatic nitrogens is 2. The van der Waals surface area contributed by atoms with Crippen LogP contribution in [0.3, 0.4) is 0 Å². The summed E-state index contributed by atoms with van der Waals surface area (Å²) in [4.78, 5) is 40.4. The van der Waals surface area contributed by atoms with Gasteiger partial charge in [-0.05, 0) is 23.1 Å². The van der Waals surface area contributed by atoms with Crippen LogP contribution in [-0.2, 0) is 6.54 Å². The number of rotatable bonds is 12. The number of hydrogen-bond acceptors (Lipinski definition) is 10. The fourth-order valence-corrected chi connectivity index (χ4v) is 3.43. The van der Waals surface area contributed by atoms with Crippen molar-refractivity contribution >= 4 is 22.8 Å². The van der Waals surface area contributed by atoms with Gasteiger partial charge in [-0.25, -0.2) is 9.36 Å². The summed E-state index contributed by atoms with van der Waals surface area (Å²) in [5.41, 5.74) is -0.649. The monoisotopic (exact) mass is 475 g/mol. The van der Waals surface area contributed by atoms with E-state index in [9.17, 15) is 29.9 Å². The van der Waals surface area contributed by atoms with Crippen molar-refractivity contribution < 1.29 is 29.1 Å². The second-order valence-electron chi connectivity index (χ2n) is 7.42. The lowest BCUT2D eigenvalue weighted by Crippen LogP contribution is -2.41. The summed E-state index contributed by atoms with van der Waals surface area (Å²) in [6.07, 6.45) is 1.68. The van der Waals surface area contributed by atoms with Crippen molar-refractivity contribution in [2.75, 3.05) is 39.9 Å². The SMILES string of the molecule is COc1ccc2cc(C(=O)NCCN(CCO)CC(O)Cn3ccnc3[N+](=O)[O-])c(=O)oc2c1. The van der Waals surface area contributed by atoms with Crippen LogP contribution in [0.1, 0.15) is 10.4 Å². The third-order valence-electron chi connectivity index (χ3n) is 5.05. The number of hydrogen-bond donors (Lipinski definition) is 3. The molecule has 0 fully saturated rings. The molecule has 182 valence electrons. The van der Waals surface area contributed by atoms with E-state index < -0.39 is 22.6 Å². The van der Waals surface area contributed by atoms with Crippen LogP contribution in [0.2, 0.25) is 0 Å².